The van der Waals surface area contributed by atoms with Crippen LogP contribution in [0.2, 0.25) is 5.02 Å². The Balaban J connectivity index is 2.43. The minimum Gasteiger partial charge on any atom is -0.459 e. The molecule has 0 radical (unpaired) electrons. The first-order chi connectivity index (χ1) is 9.52. The molecule has 0 atom stereocenters. The van der Waals surface area contributed by atoms with Crippen LogP contribution < -0.4 is 0 Å². The van der Waals surface area contributed by atoms with Crippen LogP contribution >= 0.6 is 22.9 Å². The zero-order chi connectivity index (χ0) is 14.7. The number of carbonyl (C=O) groups excluding carboxylic acids is 1. The number of nitrogens with zero attached hydrogens (tertiary/aromatic N) is 1. The molecule has 0 aliphatic rings. The molecular formula is C15H12ClNO2S. The number of halogens is 1. The normalized spacial score (nSPS) is 11.7. The number of nitriles is 1. The Hall–Kier alpha value is -1.83. The van der Waals surface area contributed by atoms with Gasteiger partial charge in [-0.15, -0.1) is 11.3 Å². The molecule has 102 valence electrons. The molecule has 1 aromatic heterocycles. The van der Waals surface area contributed by atoms with Gasteiger partial charge in [-0.05, 0) is 26.0 Å². The lowest BCUT2D eigenvalue weighted by atomic mass is 10.2. The van der Waals surface area contributed by atoms with Crippen LogP contribution in [0.4, 0.5) is 0 Å². The molecule has 5 heteroatoms. The van der Waals surface area contributed by atoms with Gasteiger partial charge < -0.3 is 4.74 Å². The van der Waals surface area contributed by atoms with Crippen LogP contribution in [0.1, 0.15) is 18.7 Å². The highest BCUT2D eigenvalue weighted by Gasteiger charge is 2.15. The molecular weight excluding hydrogens is 294 g/mol. The van der Waals surface area contributed by atoms with Crippen LogP contribution in [0.15, 0.2) is 29.8 Å². The number of benzene rings is 1. The molecule has 0 saturated heterocycles. The first kappa shape index (κ1) is 14.6. The van der Waals surface area contributed by atoms with Crippen molar-refractivity contribution < 1.29 is 9.53 Å². The molecule has 0 amide bonds. The highest BCUT2D eigenvalue weighted by molar-refractivity contribution is 7.20. The second-order valence-electron chi connectivity index (χ2n) is 4.40. The van der Waals surface area contributed by atoms with Gasteiger partial charge in [-0.25, -0.2) is 4.79 Å². The lowest BCUT2D eigenvalue weighted by Gasteiger charge is -2.06. The van der Waals surface area contributed by atoms with Crippen LogP contribution in [0, 0.1) is 11.3 Å². The molecule has 1 aromatic carbocycles. The van der Waals surface area contributed by atoms with E-state index in [1.165, 1.54) is 17.4 Å². The predicted octanol–water partition coefficient (Wildman–Crippen LogP) is 4.41. The van der Waals surface area contributed by atoms with Crippen LogP contribution in [0.25, 0.3) is 16.2 Å². The fraction of sp³-hybridized carbons (Fsp3) is 0.200. The summed E-state index contributed by atoms with van der Waals surface area (Å²) < 4.78 is 6.03. The molecule has 0 aliphatic carbocycles. The summed E-state index contributed by atoms with van der Waals surface area (Å²) in [6.07, 6.45) is 1.22. The molecule has 2 aromatic rings. The third kappa shape index (κ3) is 3.01. The summed E-state index contributed by atoms with van der Waals surface area (Å²) in [5.41, 5.74) is -0.0489. The summed E-state index contributed by atoms with van der Waals surface area (Å²) in [6, 6.07) is 9.53. The van der Waals surface area contributed by atoms with E-state index < -0.39 is 5.97 Å². The van der Waals surface area contributed by atoms with Gasteiger partial charge in [-0.1, -0.05) is 29.8 Å². The van der Waals surface area contributed by atoms with Crippen LogP contribution in [-0.4, -0.2) is 12.1 Å². The summed E-state index contributed by atoms with van der Waals surface area (Å²) in [5, 5.41) is 10.5. The number of fused-ring (bicyclic) bond motifs is 1. The van der Waals surface area contributed by atoms with Gasteiger partial charge in [0.2, 0.25) is 0 Å². The van der Waals surface area contributed by atoms with Crippen molar-refractivity contribution in [3.8, 4) is 6.07 Å². The lowest BCUT2D eigenvalue weighted by Crippen LogP contribution is -2.12. The fourth-order valence-electron chi connectivity index (χ4n) is 1.67. The predicted molar refractivity (Wildman–Crippen MR) is 81.7 cm³/mol. The van der Waals surface area contributed by atoms with Gasteiger partial charge in [-0.2, -0.15) is 5.26 Å². The summed E-state index contributed by atoms with van der Waals surface area (Å²) in [4.78, 5) is 12.4. The third-order valence-electron chi connectivity index (χ3n) is 2.52. The number of carbonyl (C=O) groups is 1. The Morgan fingerprint density at radius 1 is 1.45 bits per heavy atom. The number of esters is 1. The van der Waals surface area contributed by atoms with E-state index in [4.69, 9.17) is 21.6 Å². The van der Waals surface area contributed by atoms with Gasteiger partial charge in [0.25, 0.3) is 0 Å². The fourth-order valence-corrected chi connectivity index (χ4v) is 3.10. The van der Waals surface area contributed by atoms with E-state index in [0.29, 0.717) is 9.90 Å². The summed E-state index contributed by atoms with van der Waals surface area (Å²) >= 11 is 7.71. The van der Waals surface area contributed by atoms with E-state index in [1.807, 2.05) is 30.3 Å². The molecule has 0 aliphatic heterocycles. The maximum absolute atomic E-state index is 11.8. The number of hydrogen-bond donors (Lipinski definition) is 0. The van der Waals surface area contributed by atoms with E-state index in [2.05, 4.69) is 0 Å². The van der Waals surface area contributed by atoms with Crippen molar-refractivity contribution in [2.24, 2.45) is 0 Å². The summed E-state index contributed by atoms with van der Waals surface area (Å²) in [5.74, 6) is -0.629. The molecule has 2 rings (SSSR count). The van der Waals surface area contributed by atoms with Gasteiger partial charge in [-0.3, -0.25) is 0 Å². The quantitative estimate of drug-likeness (QED) is 0.479. The first-order valence-electron chi connectivity index (χ1n) is 6.02. The van der Waals surface area contributed by atoms with E-state index in [0.717, 1.165) is 10.1 Å². The Morgan fingerprint density at radius 3 is 2.75 bits per heavy atom. The van der Waals surface area contributed by atoms with Crippen molar-refractivity contribution in [2.75, 3.05) is 0 Å². The maximum Gasteiger partial charge on any atom is 0.349 e. The molecule has 0 bridgehead atoms. The van der Waals surface area contributed by atoms with E-state index in [9.17, 15) is 4.79 Å². The second kappa shape index (κ2) is 6.08. The standard InChI is InChI=1S/C15H12ClNO2S/c1-9(2)19-15(18)10(8-17)7-13-14(16)11-5-3-4-6-12(11)20-13/h3-7,9H,1-2H3/b10-7+. The van der Waals surface area contributed by atoms with Crippen LogP contribution in [0.5, 0.6) is 0 Å². The lowest BCUT2D eigenvalue weighted by molar-refractivity contribution is -0.142. The monoisotopic (exact) mass is 305 g/mol. The average Bonchev–Trinajstić information content (AvgIpc) is 2.72. The second-order valence-corrected chi connectivity index (χ2v) is 5.86. The topological polar surface area (TPSA) is 50.1 Å². The van der Waals surface area contributed by atoms with Crippen molar-refractivity contribution in [3.63, 3.8) is 0 Å². The minimum absolute atomic E-state index is 0.0489. The van der Waals surface area contributed by atoms with Crippen molar-refractivity contribution >= 4 is 45.1 Å². The minimum atomic E-state index is -0.629. The first-order valence-corrected chi connectivity index (χ1v) is 7.22. The molecule has 3 nitrogen and oxygen atoms in total. The van der Waals surface area contributed by atoms with E-state index in [-0.39, 0.29) is 11.7 Å². The van der Waals surface area contributed by atoms with Crippen molar-refractivity contribution in [1.82, 2.24) is 0 Å². The van der Waals surface area contributed by atoms with Crippen molar-refractivity contribution in [1.29, 1.82) is 5.26 Å². The number of hydrogen-bond acceptors (Lipinski definition) is 4. The molecule has 0 fully saturated rings. The van der Waals surface area contributed by atoms with Gasteiger partial charge in [0.1, 0.15) is 11.6 Å². The molecule has 0 spiro atoms. The van der Waals surface area contributed by atoms with Crippen LogP contribution in [0.3, 0.4) is 0 Å². The molecule has 20 heavy (non-hydrogen) atoms. The number of rotatable bonds is 3. The third-order valence-corrected chi connectivity index (χ3v) is 4.16. The highest BCUT2D eigenvalue weighted by atomic mass is 35.5. The number of ether oxygens (including phenoxy) is 1. The SMILES string of the molecule is CC(C)OC(=O)/C(C#N)=C/c1sc2ccccc2c1Cl. The Bertz CT molecular complexity index is 725. The smallest absolute Gasteiger partial charge is 0.349 e. The molecule has 0 saturated carbocycles. The Labute approximate surface area is 126 Å². The molecule has 0 unspecified atom stereocenters. The van der Waals surface area contributed by atoms with E-state index in [1.54, 1.807) is 13.8 Å². The average molecular weight is 306 g/mol. The largest absolute Gasteiger partial charge is 0.459 e. The molecule has 1 heterocycles. The Morgan fingerprint density at radius 2 is 2.15 bits per heavy atom. The van der Waals surface area contributed by atoms with Gasteiger partial charge in [0.05, 0.1) is 11.1 Å². The highest BCUT2D eigenvalue weighted by Crippen LogP contribution is 2.36. The van der Waals surface area contributed by atoms with Gasteiger partial charge in [0.15, 0.2) is 0 Å². The van der Waals surface area contributed by atoms with Gasteiger partial charge >= 0.3 is 5.97 Å². The van der Waals surface area contributed by atoms with Crippen LogP contribution in [-0.2, 0) is 9.53 Å². The summed E-state index contributed by atoms with van der Waals surface area (Å²) in [7, 11) is 0. The number of thiophene rings is 1. The van der Waals surface area contributed by atoms with Gasteiger partial charge in [0, 0.05) is 15.0 Å². The van der Waals surface area contributed by atoms with E-state index >= 15 is 0 Å². The summed E-state index contributed by atoms with van der Waals surface area (Å²) in [6.45, 7) is 3.47. The maximum atomic E-state index is 11.8. The molecule has 0 N–H and O–H groups in total. The van der Waals surface area contributed by atoms with Crippen molar-refractivity contribution in [3.05, 3.63) is 39.7 Å². The zero-order valence-electron chi connectivity index (χ0n) is 11.0. The zero-order valence-corrected chi connectivity index (χ0v) is 12.6. The Kier molecular flexibility index (Phi) is 4.43. The van der Waals surface area contributed by atoms with Crippen molar-refractivity contribution in [2.45, 2.75) is 20.0 Å².